The molecule has 0 aliphatic heterocycles. The van der Waals surface area contributed by atoms with Gasteiger partial charge in [-0.2, -0.15) is 0 Å². The molecule has 2 nitrogen and oxygen atoms in total. The summed E-state index contributed by atoms with van der Waals surface area (Å²) in [6.07, 6.45) is 5.16. The van der Waals surface area contributed by atoms with Gasteiger partial charge in [-0.25, -0.2) is 0 Å². The SMILES string of the molecule is C.CCCCCCN.O=C(CBr)c1ccccc1. The van der Waals surface area contributed by atoms with E-state index in [0.717, 1.165) is 12.1 Å². The summed E-state index contributed by atoms with van der Waals surface area (Å²) in [7, 11) is 0. The number of rotatable bonds is 6. The quantitative estimate of drug-likeness (QED) is 0.479. The first-order valence-electron chi connectivity index (χ1n) is 6.10. The fourth-order valence-corrected chi connectivity index (χ4v) is 1.60. The van der Waals surface area contributed by atoms with Crippen LogP contribution in [0.1, 0.15) is 50.4 Å². The average Bonchev–Trinajstić information content (AvgIpc) is 2.40. The van der Waals surface area contributed by atoms with Crippen LogP contribution in [-0.2, 0) is 0 Å². The number of carbonyl (C=O) groups excluding carboxylic acids is 1. The topological polar surface area (TPSA) is 43.1 Å². The number of Topliss-reactive ketones (excluding diaryl/α,β-unsaturated/α-hetero) is 1. The van der Waals surface area contributed by atoms with Crippen molar-refractivity contribution >= 4 is 21.7 Å². The Balaban J connectivity index is 0. The second-order valence-electron chi connectivity index (χ2n) is 3.77. The molecular weight excluding hydrogens is 290 g/mol. The van der Waals surface area contributed by atoms with Gasteiger partial charge in [0, 0.05) is 5.56 Å². The smallest absolute Gasteiger partial charge is 0.173 e. The summed E-state index contributed by atoms with van der Waals surface area (Å²) in [6.45, 7) is 3.07. The molecule has 104 valence electrons. The third kappa shape index (κ3) is 10.5. The largest absolute Gasteiger partial charge is 0.330 e. The molecule has 0 aliphatic rings. The van der Waals surface area contributed by atoms with Gasteiger partial charge in [-0.05, 0) is 13.0 Å². The van der Waals surface area contributed by atoms with Crippen LogP contribution in [0.15, 0.2) is 30.3 Å². The number of nitrogens with two attached hydrogens (primary N) is 1. The van der Waals surface area contributed by atoms with Crippen LogP contribution in [0.5, 0.6) is 0 Å². The maximum absolute atomic E-state index is 11.0. The Kier molecular flexibility index (Phi) is 15.7. The van der Waals surface area contributed by atoms with E-state index >= 15 is 0 Å². The minimum Gasteiger partial charge on any atom is -0.330 e. The third-order valence-electron chi connectivity index (χ3n) is 2.27. The number of hydrogen-bond acceptors (Lipinski definition) is 2. The average molecular weight is 316 g/mol. The lowest BCUT2D eigenvalue weighted by Gasteiger charge is -1.92. The molecule has 1 aromatic carbocycles. The Morgan fingerprint density at radius 2 is 1.78 bits per heavy atom. The van der Waals surface area contributed by atoms with Crippen LogP contribution in [0.2, 0.25) is 0 Å². The van der Waals surface area contributed by atoms with Crippen LogP contribution in [0.3, 0.4) is 0 Å². The lowest BCUT2D eigenvalue weighted by Crippen LogP contribution is -1.98. The summed E-state index contributed by atoms with van der Waals surface area (Å²) in [6, 6.07) is 9.23. The van der Waals surface area contributed by atoms with Gasteiger partial charge in [0.05, 0.1) is 5.33 Å². The second kappa shape index (κ2) is 14.4. The molecule has 0 aliphatic carbocycles. The number of unbranched alkanes of at least 4 members (excludes halogenated alkanes) is 3. The first-order chi connectivity index (χ1) is 8.26. The monoisotopic (exact) mass is 315 g/mol. The molecule has 0 bridgehead atoms. The lowest BCUT2D eigenvalue weighted by atomic mass is 10.2. The van der Waals surface area contributed by atoms with Crippen LogP contribution in [0.25, 0.3) is 0 Å². The van der Waals surface area contributed by atoms with Crippen molar-refractivity contribution in [3.05, 3.63) is 35.9 Å². The fourth-order valence-electron chi connectivity index (χ4n) is 1.27. The third-order valence-corrected chi connectivity index (χ3v) is 2.78. The Labute approximate surface area is 120 Å². The zero-order valence-electron chi connectivity index (χ0n) is 10.5. The minimum atomic E-state index is 0. The van der Waals surface area contributed by atoms with Crippen molar-refractivity contribution in [3.8, 4) is 0 Å². The predicted molar refractivity (Wildman–Crippen MR) is 84.5 cm³/mol. The lowest BCUT2D eigenvalue weighted by molar-refractivity contribution is 0.102. The predicted octanol–water partition coefficient (Wildman–Crippen LogP) is 4.43. The molecule has 2 N–H and O–H groups in total. The Morgan fingerprint density at radius 1 is 1.17 bits per heavy atom. The van der Waals surface area contributed by atoms with Gasteiger partial charge in [-0.1, -0.05) is 79.9 Å². The van der Waals surface area contributed by atoms with Gasteiger partial charge in [0.25, 0.3) is 0 Å². The molecule has 0 spiro atoms. The zero-order valence-corrected chi connectivity index (χ0v) is 12.1. The first kappa shape index (κ1) is 19.7. The van der Waals surface area contributed by atoms with Gasteiger partial charge >= 0.3 is 0 Å². The highest BCUT2D eigenvalue weighted by Crippen LogP contribution is 2.01. The Morgan fingerprint density at radius 3 is 2.22 bits per heavy atom. The van der Waals surface area contributed by atoms with Gasteiger partial charge < -0.3 is 5.73 Å². The van der Waals surface area contributed by atoms with Gasteiger partial charge in [0.2, 0.25) is 0 Å². The standard InChI is InChI=1S/C8H7BrO.C6H15N.CH4/c9-6-8(10)7-4-2-1-3-5-7;1-2-3-4-5-6-7;/h1-5H,6H2;2-7H2,1H3;1H4. The highest BCUT2D eigenvalue weighted by Gasteiger charge is 1.99. The molecule has 1 aromatic rings. The van der Waals surface area contributed by atoms with Crippen molar-refractivity contribution in [2.75, 3.05) is 11.9 Å². The molecule has 3 heteroatoms. The summed E-state index contributed by atoms with van der Waals surface area (Å²) in [4.78, 5) is 11.0. The van der Waals surface area contributed by atoms with Crippen molar-refractivity contribution in [2.45, 2.75) is 40.0 Å². The molecule has 0 atom stereocenters. The molecule has 0 fully saturated rings. The van der Waals surface area contributed by atoms with E-state index in [0.29, 0.717) is 5.33 Å². The summed E-state index contributed by atoms with van der Waals surface area (Å²) >= 11 is 3.10. The van der Waals surface area contributed by atoms with E-state index in [2.05, 4.69) is 22.9 Å². The van der Waals surface area contributed by atoms with Crippen molar-refractivity contribution in [2.24, 2.45) is 5.73 Å². The van der Waals surface area contributed by atoms with E-state index in [1.165, 1.54) is 25.7 Å². The molecule has 0 saturated carbocycles. The maximum atomic E-state index is 11.0. The van der Waals surface area contributed by atoms with E-state index in [9.17, 15) is 4.79 Å². The number of halogens is 1. The van der Waals surface area contributed by atoms with Gasteiger partial charge in [0.1, 0.15) is 0 Å². The number of ketones is 1. The molecule has 0 radical (unpaired) electrons. The molecule has 0 amide bonds. The van der Waals surface area contributed by atoms with Crippen LogP contribution in [0, 0.1) is 0 Å². The molecule has 0 unspecified atom stereocenters. The summed E-state index contributed by atoms with van der Waals surface area (Å²) < 4.78 is 0. The summed E-state index contributed by atoms with van der Waals surface area (Å²) in [5.74, 6) is 0.126. The number of alkyl halides is 1. The van der Waals surface area contributed by atoms with Gasteiger partial charge in [-0.15, -0.1) is 0 Å². The van der Waals surface area contributed by atoms with E-state index in [4.69, 9.17) is 5.73 Å². The Hall–Kier alpha value is -0.670. The van der Waals surface area contributed by atoms with Crippen molar-refractivity contribution in [1.82, 2.24) is 0 Å². The molecule has 0 heterocycles. The number of hydrogen-bond donors (Lipinski definition) is 1. The molecule has 0 saturated heterocycles. The normalized spacial score (nSPS) is 8.83. The van der Waals surface area contributed by atoms with Crippen LogP contribution < -0.4 is 5.73 Å². The molecule has 1 rings (SSSR count). The van der Waals surface area contributed by atoms with Crippen molar-refractivity contribution < 1.29 is 4.79 Å². The summed E-state index contributed by atoms with van der Waals surface area (Å²) in [5, 5.41) is 0.400. The van der Waals surface area contributed by atoms with Gasteiger partial charge in [0.15, 0.2) is 5.78 Å². The van der Waals surface area contributed by atoms with E-state index in [1.54, 1.807) is 0 Å². The zero-order chi connectivity index (χ0) is 12.9. The van der Waals surface area contributed by atoms with Gasteiger partial charge in [-0.3, -0.25) is 4.79 Å². The minimum absolute atomic E-state index is 0. The Bertz CT molecular complexity index is 284. The van der Waals surface area contributed by atoms with Crippen LogP contribution >= 0.6 is 15.9 Å². The maximum Gasteiger partial charge on any atom is 0.173 e. The van der Waals surface area contributed by atoms with Crippen molar-refractivity contribution in [3.63, 3.8) is 0 Å². The highest BCUT2D eigenvalue weighted by atomic mass is 79.9. The summed E-state index contributed by atoms with van der Waals surface area (Å²) in [5.41, 5.74) is 6.03. The van der Waals surface area contributed by atoms with Crippen LogP contribution in [0.4, 0.5) is 0 Å². The van der Waals surface area contributed by atoms with Crippen molar-refractivity contribution in [1.29, 1.82) is 0 Å². The number of benzene rings is 1. The number of carbonyl (C=O) groups is 1. The molecule has 0 aromatic heterocycles. The first-order valence-corrected chi connectivity index (χ1v) is 7.22. The fraction of sp³-hybridized carbons (Fsp3) is 0.533. The van der Waals surface area contributed by atoms with Crippen LogP contribution in [-0.4, -0.2) is 17.7 Å². The second-order valence-corrected chi connectivity index (χ2v) is 4.33. The van der Waals surface area contributed by atoms with E-state index in [1.807, 2.05) is 30.3 Å². The molecular formula is C15H26BrNO. The van der Waals surface area contributed by atoms with E-state index < -0.39 is 0 Å². The molecule has 18 heavy (non-hydrogen) atoms. The highest BCUT2D eigenvalue weighted by molar-refractivity contribution is 9.09. The van der Waals surface area contributed by atoms with E-state index in [-0.39, 0.29) is 13.2 Å².